The van der Waals surface area contributed by atoms with Crippen molar-refractivity contribution in [2.24, 2.45) is 5.41 Å². The zero-order valence-electron chi connectivity index (χ0n) is 15.6. The number of sulfonamides is 1. The van der Waals surface area contributed by atoms with Crippen molar-refractivity contribution in [3.8, 4) is 0 Å². The predicted octanol–water partition coefficient (Wildman–Crippen LogP) is 2.45. The average Bonchev–Trinajstić information content (AvgIpc) is 2.78. The summed E-state index contributed by atoms with van der Waals surface area (Å²) in [7, 11) is -3.52. The highest BCUT2D eigenvalue weighted by Crippen LogP contribution is 2.19. The standard InChI is InChI=1S/C18H29N3O3S/c1-15-7-5-8-16(13-15)25(23,24)21-10-6-9-20(11-12-21)17(22)19-14-18(2,3)4/h5,7-8,13H,6,9-12,14H2,1-4H3,(H,19,22). The maximum absolute atomic E-state index is 12.8. The number of nitrogens with zero attached hydrogens (tertiary/aromatic N) is 2. The molecule has 1 aliphatic heterocycles. The molecular formula is C18H29N3O3S. The van der Waals surface area contributed by atoms with Crippen molar-refractivity contribution in [2.45, 2.75) is 39.0 Å². The van der Waals surface area contributed by atoms with E-state index in [1.54, 1.807) is 23.1 Å². The second kappa shape index (κ2) is 7.74. The number of urea groups is 1. The van der Waals surface area contributed by atoms with Crippen molar-refractivity contribution in [3.63, 3.8) is 0 Å². The highest BCUT2D eigenvalue weighted by Gasteiger charge is 2.28. The Bertz CT molecular complexity index is 711. The van der Waals surface area contributed by atoms with Gasteiger partial charge in [-0.2, -0.15) is 4.31 Å². The van der Waals surface area contributed by atoms with Crippen LogP contribution in [0, 0.1) is 12.3 Å². The molecule has 1 heterocycles. The number of amides is 2. The molecule has 0 atom stereocenters. The van der Waals surface area contributed by atoms with Crippen molar-refractivity contribution in [2.75, 3.05) is 32.7 Å². The number of carbonyl (C=O) groups is 1. The molecular weight excluding hydrogens is 338 g/mol. The fraction of sp³-hybridized carbons (Fsp3) is 0.611. The molecule has 0 aliphatic carbocycles. The molecule has 0 radical (unpaired) electrons. The predicted molar refractivity (Wildman–Crippen MR) is 99.0 cm³/mol. The van der Waals surface area contributed by atoms with Gasteiger partial charge in [-0.3, -0.25) is 0 Å². The van der Waals surface area contributed by atoms with Crippen LogP contribution in [0.25, 0.3) is 0 Å². The molecule has 0 saturated carbocycles. The third-order valence-electron chi connectivity index (χ3n) is 4.14. The Kier molecular flexibility index (Phi) is 6.11. The summed E-state index contributed by atoms with van der Waals surface area (Å²) in [5.74, 6) is 0. The molecule has 1 aromatic carbocycles. The van der Waals surface area contributed by atoms with Crippen LogP contribution in [0.1, 0.15) is 32.8 Å². The summed E-state index contributed by atoms with van der Waals surface area (Å²) in [6.07, 6.45) is 0.633. The number of nitrogens with one attached hydrogen (secondary N) is 1. The Morgan fingerprint density at radius 3 is 2.52 bits per heavy atom. The smallest absolute Gasteiger partial charge is 0.317 e. The van der Waals surface area contributed by atoms with E-state index in [0.717, 1.165) is 5.56 Å². The number of rotatable bonds is 3. The Hall–Kier alpha value is -1.60. The number of benzene rings is 1. The topological polar surface area (TPSA) is 69.7 Å². The molecule has 25 heavy (non-hydrogen) atoms. The van der Waals surface area contributed by atoms with Gasteiger partial charge in [0.2, 0.25) is 10.0 Å². The van der Waals surface area contributed by atoms with Crippen LogP contribution in [0.4, 0.5) is 4.79 Å². The lowest BCUT2D eigenvalue weighted by Crippen LogP contribution is -2.44. The lowest BCUT2D eigenvalue weighted by molar-refractivity contribution is 0.195. The molecule has 2 rings (SSSR count). The molecule has 2 amide bonds. The van der Waals surface area contributed by atoms with Crippen LogP contribution >= 0.6 is 0 Å². The minimum atomic E-state index is -3.52. The van der Waals surface area contributed by atoms with E-state index >= 15 is 0 Å². The van der Waals surface area contributed by atoms with E-state index in [1.165, 1.54) is 4.31 Å². The van der Waals surface area contributed by atoms with Gasteiger partial charge in [-0.1, -0.05) is 32.9 Å². The van der Waals surface area contributed by atoms with Crippen LogP contribution in [0.15, 0.2) is 29.2 Å². The zero-order chi connectivity index (χ0) is 18.7. The Morgan fingerprint density at radius 2 is 1.88 bits per heavy atom. The number of hydrogen-bond acceptors (Lipinski definition) is 3. The van der Waals surface area contributed by atoms with Crippen LogP contribution in [-0.2, 0) is 10.0 Å². The number of hydrogen-bond donors (Lipinski definition) is 1. The van der Waals surface area contributed by atoms with E-state index in [9.17, 15) is 13.2 Å². The Balaban J connectivity index is 2.02. The van der Waals surface area contributed by atoms with Crippen LogP contribution in [0.3, 0.4) is 0 Å². The van der Waals surface area contributed by atoms with Gasteiger partial charge in [0.25, 0.3) is 0 Å². The first-order valence-corrected chi connectivity index (χ1v) is 10.1. The van der Waals surface area contributed by atoms with E-state index in [-0.39, 0.29) is 11.4 Å². The maximum atomic E-state index is 12.8. The van der Waals surface area contributed by atoms with Gasteiger partial charge in [0, 0.05) is 32.7 Å². The van der Waals surface area contributed by atoms with Gasteiger partial charge < -0.3 is 10.2 Å². The lowest BCUT2D eigenvalue weighted by atomic mass is 9.97. The monoisotopic (exact) mass is 367 g/mol. The van der Waals surface area contributed by atoms with Gasteiger partial charge in [0.1, 0.15) is 0 Å². The van der Waals surface area contributed by atoms with E-state index in [1.807, 2.05) is 13.0 Å². The lowest BCUT2D eigenvalue weighted by Gasteiger charge is -2.25. The second-order valence-electron chi connectivity index (χ2n) is 7.78. The molecule has 0 unspecified atom stereocenters. The first kappa shape index (κ1) is 19.7. The maximum Gasteiger partial charge on any atom is 0.317 e. The molecule has 1 aliphatic rings. The molecule has 0 bridgehead atoms. The van der Waals surface area contributed by atoms with Gasteiger partial charge in [0.05, 0.1) is 4.90 Å². The third kappa shape index (κ3) is 5.44. The molecule has 0 spiro atoms. The molecule has 1 aromatic rings. The summed E-state index contributed by atoms with van der Waals surface area (Å²) in [4.78, 5) is 14.3. The molecule has 140 valence electrons. The second-order valence-corrected chi connectivity index (χ2v) is 9.72. The van der Waals surface area contributed by atoms with Crippen molar-refractivity contribution in [3.05, 3.63) is 29.8 Å². The largest absolute Gasteiger partial charge is 0.337 e. The molecule has 0 aromatic heterocycles. The minimum Gasteiger partial charge on any atom is -0.337 e. The third-order valence-corrected chi connectivity index (χ3v) is 6.03. The minimum absolute atomic E-state index is 0.0159. The highest BCUT2D eigenvalue weighted by molar-refractivity contribution is 7.89. The van der Waals surface area contributed by atoms with Crippen molar-refractivity contribution in [1.29, 1.82) is 0 Å². The molecule has 7 heteroatoms. The van der Waals surface area contributed by atoms with Crippen LogP contribution in [0.2, 0.25) is 0 Å². The molecule has 1 fully saturated rings. The fourth-order valence-corrected chi connectivity index (χ4v) is 4.29. The summed E-state index contributed by atoms with van der Waals surface area (Å²) in [6.45, 7) is 10.4. The summed E-state index contributed by atoms with van der Waals surface area (Å²) in [5, 5.41) is 2.93. The van der Waals surface area contributed by atoms with Crippen molar-refractivity contribution in [1.82, 2.24) is 14.5 Å². The summed E-state index contributed by atoms with van der Waals surface area (Å²) in [5.41, 5.74) is 0.932. The molecule has 1 saturated heterocycles. The van der Waals surface area contributed by atoms with Gasteiger partial charge in [0.15, 0.2) is 0 Å². The van der Waals surface area contributed by atoms with E-state index in [0.29, 0.717) is 44.0 Å². The van der Waals surface area contributed by atoms with E-state index < -0.39 is 10.0 Å². The zero-order valence-corrected chi connectivity index (χ0v) is 16.4. The molecule has 6 nitrogen and oxygen atoms in total. The van der Waals surface area contributed by atoms with Gasteiger partial charge in [-0.25, -0.2) is 13.2 Å². The van der Waals surface area contributed by atoms with Gasteiger partial charge >= 0.3 is 6.03 Å². The van der Waals surface area contributed by atoms with E-state index in [2.05, 4.69) is 26.1 Å². The first-order valence-electron chi connectivity index (χ1n) is 8.69. The van der Waals surface area contributed by atoms with Crippen molar-refractivity contribution >= 4 is 16.1 Å². The average molecular weight is 368 g/mol. The molecule has 1 N–H and O–H groups in total. The van der Waals surface area contributed by atoms with Crippen molar-refractivity contribution < 1.29 is 13.2 Å². The Labute approximate surface area is 151 Å². The summed E-state index contributed by atoms with van der Waals surface area (Å²) >= 11 is 0. The van der Waals surface area contributed by atoms with Crippen LogP contribution in [0.5, 0.6) is 0 Å². The quantitative estimate of drug-likeness (QED) is 0.892. The SMILES string of the molecule is Cc1cccc(S(=O)(=O)N2CCCN(C(=O)NCC(C)(C)C)CC2)c1. The van der Waals surface area contributed by atoms with Crippen LogP contribution < -0.4 is 5.32 Å². The first-order chi connectivity index (χ1) is 11.6. The number of carbonyl (C=O) groups excluding carboxylic acids is 1. The van der Waals surface area contributed by atoms with Gasteiger partial charge in [-0.15, -0.1) is 0 Å². The summed E-state index contributed by atoms with van der Waals surface area (Å²) < 4.78 is 27.2. The fourth-order valence-electron chi connectivity index (χ4n) is 2.71. The normalized spacial score (nSPS) is 17.2. The highest BCUT2D eigenvalue weighted by atomic mass is 32.2. The number of aryl methyl sites for hydroxylation is 1. The Morgan fingerprint density at radius 1 is 1.16 bits per heavy atom. The van der Waals surface area contributed by atoms with Gasteiger partial charge in [-0.05, 0) is 36.5 Å². The summed E-state index contributed by atoms with van der Waals surface area (Å²) in [6, 6.07) is 6.83. The van der Waals surface area contributed by atoms with E-state index in [4.69, 9.17) is 0 Å². The van der Waals surface area contributed by atoms with Crippen LogP contribution in [-0.4, -0.2) is 56.4 Å².